The zero-order valence-electron chi connectivity index (χ0n) is 24.2. The minimum Gasteiger partial charge on any atom is -0.456 e. The molecule has 0 unspecified atom stereocenters. The molecule has 6 aromatic carbocycles. The van der Waals surface area contributed by atoms with Gasteiger partial charge in [0.15, 0.2) is 5.58 Å². The number of aromatic nitrogens is 3. The molecule has 0 N–H and O–H groups in total. The van der Waals surface area contributed by atoms with Gasteiger partial charge < -0.3 is 8.83 Å². The van der Waals surface area contributed by atoms with Gasteiger partial charge in [-0.05, 0) is 60.7 Å². The van der Waals surface area contributed by atoms with Crippen molar-refractivity contribution in [1.29, 1.82) is 0 Å². The van der Waals surface area contributed by atoms with Crippen molar-refractivity contribution < 1.29 is 8.83 Å². The predicted octanol–water partition coefficient (Wildman–Crippen LogP) is 11.4. The van der Waals surface area contributed by atoms with Gasteiger partial charge in [0.05, 0.1) is 11.0 Å². The van der Waals surface area contributed by atoms with Gasteiger partial charge in [0.25, 0.3) is 0 Å². The van der Waals surface area contributed by atoms with Crippen molar-refractivity contribution >= 4 is 97.3 Å². The summed E-state index contributed by atoms with van der Waals surface area (Å²) >= 11 is 1.84. The van der Waals surface area contributed by atoms with Crippen LogP contribution in [0.15, 0.2) is 136 Å². The van der Waals surface area contributed by atoms with Crippen LogP contribution >= 0.6 is 11.3 Å². The van der Waals surface area contributed by atoms with E-state index >= 15 is 0 Å². The van der Waals surface area contributed by atoms with E-state index in [0.717, 1.165) is 60.7 Å². The maximum absolute atomic E-state index is 6.51. The van der Waals surface area contributed by atoms with Crippen molar-refractivity contribution in [1.82, 2.24) is 14.5 Å². The third-order valence-corrected chi connectivity index (χ3v) is 10.4. The zero-order valence-corrected chi connectivity index (χ0v) is 25.0. The van der Waals surface area contributed by atoms with Crippen molar-refractivity contribution in [2.45, 2.75) is 0 Å². The second kappa shape index (κ2) is 8.81. The molecule has 0 saturated heterocycles. The van der Waals surface area contributed by atoms with Gasteiger partial charge >= 0.3 is 0 Å². The first-order valence-corrected chi connectivity index (χ1v) is 16.1. The van der Waals surface area contributed by atoms with E-state index in [1.165, 1.54) is 30.9 Å². The van der Waals surface area contributed by atoms with Gasteiger partial charge in [0.1, 0.15) is 28.0 Å². The molecule has 0 atom stereocenters. The summed E-state index contributed by atoms with van der Waals surface area (Å²) in [5.41, 5.74) is 7.79. The van der Waals surface area contributed by atoms with E-state index in [9.17, 15) is 0 Å². The Hall–Kier alpha value is -5.98. The topological polar surface area (TPSA) is 57.0 Å². The molecule has 11 aromatic rings. The van der Waals surface area contributed by atoms with Crippen LogP contribution in [0.3, 0.4) is 0 Å². The van der Waals surface area contributed by atoms with Gasteiger partial charge in [-0.1, -0.05) is 66.7 Å². The van der Waals surface area contributed by atoms with Crippen LogP contribution in [0.2, 0.25) is 0 Å². The average Bonchev–Trinajstić information content (AvgIpc) is 3.86. The molecule has 0 spiro atoms. The largest absolute Gasteiger partial charge is 0.456 e. The van der Waals surface area contributed by atoms with Crippen LogP contribution in [0.5, 0.6) is 0 Å². The minimum absolute atomic E-state index is 0.608. The molecule has 0 fully saturated rings. The molecule has 0 saturated carbocycles. The quantitative estimate of drug-likeness (QED) is 0.196. The van der Waals surface area contributed by atoms with Crippen molar-refractivity contribution in [3.63, 3.8) is 0 Å². The maximum Gasteiger partial charge on any atom is 0.236 e. The van der Waals surface area contributed by atoms with E-state index in [1.54, 1.807) is 0 Å². The standard InChI is InChI=1S/C40H21N3O2S/c1-5-13-28-24(10-1)35-29(18-20-34-36(35)26-12-4-8-16-33(26)46-34)43(28)40-41-37(39-38(42-40)25-11-3-7-15-31(25)45-39)22-17-19-32-27(21-22)23-9-2-6-14-30(23)44-32/h1-21H. The number of hydrogen-bond donors (Lipinski definition) is 0. The van der Waals surface area contributed by atoms with Crippen LogP contribution < -0.4 is 0 Å². The monoisotopic (exact) mass is 607 g/mol. The normalized spacial score (nSPS) is 12.3. The lowest BCUT2D eigenvalue weighted by atomic mass is 10.1. The van der Waals surface area contributed by atoms with Crippen LogP contribution in [0, 0.1) is 0 Å². The van der Waals surface area contributed by atoms with Crippen LogP contribution in [-0.2, 0) is 0 Å². The summed E-state index contributed by atoms with van der Waals surface area (Å²) in [6.07, 6.45) is 0. The first-order chi connectivity index (χ1) is 22.8. The van der Waals surface area contributed by atoms with Crippen molar-refractivity contribution in [2.75, 3.05) is 0 Å². The SMILES string of the molecule is c1ccc2c(c1)oc1ccc(-c3nc(-n4c5ccccc5c5c6c(ccc54)sc4ccccc46)nc4c3oc3ccccc34)cc12. The Labute approximate surface area is 264 Å². The second-order valence-electron chi connectivity index (χ2n) is 11.7. The first kappa shape index (κ1) is 24.4. The Balaban J connectivity index is 1.28. The smallest absolute Gasteiger partial charge is 0.236 e. The molecule has 0 amide bonds. The second-order valence-corrected chi connectivity index (χ2v) is 12.8. The van der Waals surface area contributed by atoms with Crippen molar-refractivity contribution in [2.24, 2.45) is 0 Å². The highest BCUT2D eigenvalue weighted by Gasteiger charge is 2.23. The van der Waals surface area contributed by atoms with Crippen LogP contribution in [0.25, 0.3) is 103 Å². The Morgan fingerprint density at radius 3 is 2.11 bits per heavy atom. The fourth-order valence-corrected chi connectivity index (χ4v) is 8.35. The molecule has 214 valence electrons. The van der Waals surface area contributed by atoms with E-state index in [-0.39, 0.29) is 0 Å². The van der Waals surface area contributed by atoms with E-state index in [2.05, 4.69) is 89.5 Å². The Kier molecular flexibility index (Phi) is 4.66. The molecule has 11 rings (SSSR count). The van der Waals surface area contributed by atoms with Crippen molar-refractivity contribution in [3.8, 4) is 17.2 Å². The van der Waals surface area contributed by atoms with E-state index in [0.29, 0.717) is 11.5 Å². The summed E-state index contributed by atoms with van der Waals surface area (Å²) in [6, 6.07) is 44.2. The molecule has 5 nitrogen and oxygen atoms in total. The van der Waals surface area contributed by atoms with E-state index in [1.807, 2.05) is 53.8 Å². The lowest BCUT2D eigenvalue weighted by Gasteiger charge is -2.09. The Bertz CT molecular complexity index is 3050. The van der Waals surface area contributed by atoms with Gasteiger partial charge in [-0.2, -0.15) is 0 Å². The molecule has 46 heavy (non-hydrogen) atoms. The highest BCUT2D eigenvalue weighted by Crippen LogP contribution is 2.44. The molecule has 0 aliphatic carbocycles. The molecule has 5 aromatic heterocycles. The third-order valence-electron chi connectivity index (χ3n) is 9.23. The average molecular weight is 608 g/mol. The predicted molar refractivity (Wildman–Crippen MR) is 189 cm³/mol. The summed E-state index contributed by atoms with van der Waals surface area (Å²) in [5.74, 6) is 0.608. The fraction of sp³-hybridized carbons (Fsp3) is 0. The molecule has 0 aliphatic heterocycles. The van der Waals surface area contributed by atoms with Gasteiger partial charge in [0, 0.05) is 52.7 Å². The molecular weight excluding hydrogens is 587 g/mol. The number of thiophene rings is 1. The Morgan fingerprint density at radius 2 is 1.22 bits per heavy atom. The van der Waals surface area contributed by atoms with E-state index < -0.39 is 0 Å². The van der Waals surface area contributed by atoms with Crippen LogP contribution in [-0.4, -0.2) is 14.5 Å². The number of hydrogen-bond acceptors (Lipinski definition) is 5. The lowest BCUT2D eigenvalue weighted by molar-refractivity contribution is 0.666. The lowest BCUT2D eigenvalue weighted by Crippen LogP contribution is -2.02. The number of nitrogens with zero attached hydrogens (tertiary/aromatic N) is 3. The summed E-state index contributed by atoms with van der Waals surface area (Å²) < 4.78 is 17.4. The van der Waals surface area contributed by atoms with Crippen LogP contribution in [0.4, 0.5) is 0 Å². The molecule has 6 heteroatoms. The van der Waals surface area contributed by atoms with Crippen molar-refractivity contribution in [3.05, 3.63) is 127 Å². The molecule has 0 aliphatic rings. The minimum atomic E-state index is 0.608. The molecule has 0 bridgehead atoms. The highest BCUT2D eigenvalue weighted by atomic mass is 32.1. The fourth-order valence-electron chi connectivity index (χ4n) is 7.24. The number of rotatable bonds is 2. The first-order valence-electron chi connectivity index (χ1n) is 15.2. The number of furan rings is 2. The molecule has 0 radical (unpaired) electrons. The van der Waals surface area contributed by atoms with E-state index in [4.69, 9.17) is 18.8 Å². The number of fused-ring (bicyclic) bond motifs is 13. The zero-order chi connectivity index (χ0) is 29.9. The van der Waals surface area contributed by atoms with Gasteiger partial charge in [-0.25, -0.2) is 9.97 Å². The number of benzene rings is 6. The van der Waals surface area contributed by atoms with Gasteiger partial charge in [-0.3, -0.25) is 4.57 Å². The summed E-state index contributed by atoms with van der Waals surface area (Å²) in [4.78, 5) is 10.6. The van der Waals surface area contributed by atoms with Gasteiger partial charge in [-0.15, -0.1) is 11.3 Å². The summed E-state index contributed by atoms with van der Waals surface area (Å²) in [6.45, 7) is 0. The number of para-hydroxylation sites is 3. The van der Waals surface area contributed by atoms with Gasteiger partial charge in [0.2, 0.25) is 5.95 Å². The molecular formula is C40H21N3O2S. The third kappa shape index (κ3) is 3.18. The highest BCUT2D eigenvalue weighted by molar-refractivity contribution is 7.26. The molecule has 5 heterocycles. The summed E-state index contributed by atoms with van der Waals surface area (Å²) in [5, 5.41) is 8.03. The summed E-state index contributed by atoms with van der Waals surface area (Å²) in [7, 11) is 0. The van der Waals surface area contributed by atoms with Crippen LogP contribution in [0.1, 0.15) is 0 Å². The Morgan fingerprint density at radius 1 is 0.500 bits per heavy atom. The maximum atomic E-state index is 6.51.